The Bertz CT molecular complexity index is 234. The van der Waals surface area contributed by atoms with Crippen LogP contribution in [0.2, 0.25) is 0 Å². The predicted octanol–water partition coefficient (Wildman–Crippen LogP) is 0.180. The molecule has 4 nitrogen and oxygen atoms in total. The molecule has 2 unspecified atom stereocenters. The van der Waals surface area contributed by atoms with Crippen molar-refractivity contribution in [3.05, 3.63) is 0 Å². The Morgan fingerprint density at radius 1 is 1.53 bits per heavy atom. The maximum Gasteiger partial charge on any atom is 0.237 e. The maximum absolute atomic E-state index is 11.8. The van der Waals surface area contributed by atoms with Crippen LogP contribution in [0.3, 0.4) is 0 Å². The molecule has 0 aromatic rings. The molecule has 1 saturated heterocycles. The van der Waals surface area contributed by atoms with E-state index in [9.17, 15) is 4.79 Å². The van der Waals surface area contributed by atoms with Gasteiger partial charge in [0.15, 0.2) is 0 Å². The normalized spacial score (nSPS) is 25.3. The number of likely N-dealkylation sites (tertiary alicyclic amines) is 1. The second-order valence-corrected chi connectivity index (χ2v) is 5.60. The van der Waals surface area contributed by atoms with Crippen LogP contribution < -0.4 is 11.1 Å². The average molecular weight is 213 g/mol. The van der Waals surface area contributed by atoms with Gasteiger partial charge in [0.1, 0.15) is 0 Å². The lowest BCUT2D eigenvalue weighted by Crippen LogP contribution is -2.51. The van der Waals surface area contributed by atoms with E-state index < -0.39 is 6.04 Å². The molecule has 15 heavy (non-hydrogen) atoms. The second-order valence-electron chi connectivity index (χ2n) is 5.60. The molecule has 0 aromatic carbocycles. The average Bonchev–Trinajstić information content (AvgIpc) is 2.48. The number of nitrogens with two attached hydrogens (primary N) is 1. The molecule has 0 aromatic heterocycles. The van der Waals surface area contributed by atoms with Gasteiger partial charge in [0.25, 0.3) is 0 Å². The van der Waals surface area contributed by atoms with Gasteiger partial charge in [-0.15, -0.1) is 0 Å². The number of nitrogens with zero attached hydrogens (tertiary/aromatic N) is 1. The third-order valence-corrected chi connectivity index (χ3v) is 2.95. The fourth-order valence-corrected chi connectivity index (χ4v) is 1.74. The molecule has 3 N–H and O–H groups in total. The summed E-state index contributed by atoms with van der Waals surface area (Å²) in [4.78, 5) is 14.0. The zero-order valence-electron chi connectivity index (χ0n) is 10.2. The van der Waals surface area contributed by atoms with Crippen LogP contribution in [0.4, 0.5) is 0 Å². The topological polar surface area (TPSA) is 58.4 Å². The number of amides is 1. The number of hydrogen-bond acceptors (Lipinski definition) is 3. The molecule has 1 amide bonds. The van der Waals surface area contributed by atoms with Crippen LogP contribution in [0.15, 0.2) is 0 Å². The minimum Gasteiger partial charge on any atom is -0.351 e. The van der Waals surface area contributed by atoms with Gasteiger partial charge in [0.05, 0.1) is 6.04 Å². The standard InChI is InChI=1S/C11H23N3O/c1-11(2,3)9(12)10(15)13-8-5-6-14(4)7-8/h8-9H,5-7,12H2,1-4H3,(H,13,15). The molecule has 1 heterocycles. The maximum atomic E-state index is 11.8. The quantitative estimate of drug-likeness (QED) is 0.688. The molecule has 4 heteroatoms. The van der Waals surface area contributed by atoms with Crippen LogP contribution in [0.25, 0.3) is 0 Å². The van der Waals surface area contributed by atoms with Crippen LogP contribution in [0.1, 0.15) is 27.2 Å². The Labute approximate surface area is 92.2 Å². The van der Waals surface area contributed by atoms with Gasteiger partial charge >= 0.3 is 0 Å². The first kappa shape index (κ1) is 12.5. The lowest BCUT2D eigenvalue weighted by molar-refractivity contribution is -0.125. The molecule has 0 aliphatic carbocycles. The lowest BCUT2D eigenvalue weighted by Gasteiger charge is -2.27. The predicted molar refractivity (Wildman–Crippen MR) is 61.5 cm³/mol. The van der Waals surface area contributed by atoms with E-state index in [-0.39, 0.29) is 17.4 Å². The van der Waals surface area contributed by atoms with E-state index in [4.69, 9.17) is 5.73 Å². The molecule has 1 aliphatic heterocycles. The van der Waals surface area contributed by atoms with E-state index >= 15 is 0 Å². The smallest absolute Gasteiger partial charge is 0.237 e. The van der Waals surface area contributed by atoms with E-state index in [0.717, 1.165) is 19.5 Å². The van der Waals surface area contributed by atoms with Crippen molar-refractivity contribution in [3.8, 4) is 0 Å². The summed E-state index contributed by atoms with van der Waals surface area (Å²) in [5.74, 6) is -0.0252. The van der Waals surface area contributed by atoms with Gasteiger partial charge in [-0.05, 0) is 25.4 Å². The third kappa shape index (κ3) is 3.47. The molecule has 2 atom stereocenters. The van der Waals surface area contributed by atoms with Crippen LogP contribution >= 0.6 is 0 Å². The Morgan fingerprint density at radius 3 is 2.53 bits per heavy atom. The van der Waals surface area contributed by atoms with Crippen LogP contribution in [0, 0.1) is 5.41 Å². The Hall–Kier alpha value is -0.610. The fraction of sp³-hybridized carbons (Fsp3) is 0.909. The first-order valence-corrected chi connectivity index (χ1v) is 5.55. The SMILES string of the molecule is CN1CCC(NC(=O)C(N)C(C)(C)C)C1. The monoisotopic (exact) mass is 213 g/mol. The summed E-state index contributed by atoms with van der Waals surface area (Å²) in [6.07, 6.45) is 1.03. The molecule has 1 aliphatic rings. The zero-order chi connectivity index (χ0) is 11.6. The number of rotatable bonds is 2. The van der Waals surface area contributed by atoms with Crippen molar-refractivity contribution < 1.29 is 4.79 Å². The molecule has 1 rings (SSSR count). The van der Waals surface area contributed by atoms with Gasteiger partial charge in [-0.2, -0.15) is 0 Å². The first-order chi connectivity index (χ1) is 6.80. The van der Waals surface area contributed by atoms with Crippen molar-refractivity contribution in [2.45, 2.75) is 39.3 Å². The fourth-order valence-electron chi connectivity index (χ4n) is 1.74. The summed E-state index contributed by atoms with van der Waals surface area (Å²) >= 11 is 0. The number of hydrogen-bond donors (Lipinski definition) is 2. The van der Waals surface area contributed by atoms with Crippen LogP contribution in [-0.2, 0) is 4.79 Å². The van der Waals surface area contributed by atoms with Crippen LogP contribution in [0.5, 0.6) is 0 Å². The minimum atomic E-state index is -0.427. The highest BCUT2D eigenvalue weighted by molar-refractivity contribution is 5.82. The van der Waals surface area contributed by atoms with E-state index in [1.165, 1.54) is 0 Å². The summed E-state index contributed by atoms with van der Waals surface area (Å²) in [5.41, 5.74) is 5.71. The zero-order valence-corrected chi connectivity index (χ0v) is 10.2. The number of likely N-dealkylation sites (N-methyl/N-ethyl adjacent to an activating group) is 1. The minimum absolute atomic E-state index is 0.0252. The van der Waals surface area contributed by atoms with Gasteiger partial charge in [-0.3, -0.25) is 4.79 Å². The molecule has 0 bridgehead atoms. The summed E-state index contributed by atoms with van der Waals surface area (Å²) in [7, 11) is 2.07. The summed E-state index contributed by atoms with van der Waals surface area (Å²) < 4.78 is 0. The van der Waals surface area contributed by atoms with E-state index in [2.05, 4.69) is 17.3 Å². The Kier molecular flexibility index (Phi) is 3.73. The lowest BCUT2D eigenvalue weighted by atomic mass is 9.87. The highest BCUT2D eigenvalue weighted by Crippen LogP contribution is 2.17. The summed E-state index contributed by atoms with van der Waals surface area (Å²) in [5, 5.41) is 3.01. The number of carbonyl (C=O) groups excluding carboxylic acids is 1. The van der Waals surface area contributed by atoms with Gasteiger partial charge in [0.2, 0.25) is 5.91 Å². The molecule has 0 spiro atoms. The van der Waals surface area contributed by atoms with Gasteiger partial charge in [0, 0.05) is 12.6 Å². The molecular weight excluding hydrogens is 190 g/mol. The van der Waals surface area contributed by atoms with Crippen molar-refractivity contribution in [2.24, 2.45) is 11.1 Å². The first-order valence-electron chi connectivity index (χ1n) is 5.55. The van der Waals surface area contributed by atoms with E-state index in [0.29, 0.717) is 0 Å². The van der Waals surface area contributed by atoms with Crippen molar-refractivity contribution in [2.75, 3.05) is 20.1 Å². The summed E-state index contributed by atoms with van der Waals surface area (Å²) in [6, 6.07) is -0.153. The second kappa shape index (κ2) is 4.49. The molecular formula is C11H23N3O. The Balaban J connectivity index is 2.42. The third-order valence-electron chi connectivity index (χ3n) is 2.95. The Morgan fingerprint density at radius 2 is 2.13 bits per heavy atom. The van der Waals surface area contributed by atoms with Gasteiger partial charge in [-0.1, -0.05) is 20.8 Å². The molecule has 1 fully saturated rings. The van der Waals surface area contributed by atoms with E-state index in [1.54, 1.807) is 0 Å². The van der Waals surface area contributed by atoms with Crippen LogP contribution in [-0.4, -0.2) is 43.0 Å². The number of nitrogens with one attached hydrogen (secondary N) is 1. The van der Waals surface area contributed by atoms with Gasteiger partial charge < -0.3 is 16.0 Å². The highest BCUT2D eigenvalue weighted by Gasteiger charge is 2.30. The molecule has 88 valence electrons. The van der Waals surface area contributed by atoms with Crippen molar-refractivity contribution in [1.29, 1.82) is 0 Å². The highest BCUT2D eigenvalue weighted by atomic mass is 16.2. The van der Waals surface area contributed by atoms with Crippen molar-refractivity contribution in [1.82, 2.24) is 10.2 Å². The van der Waals surface area contributed by atoms with Crippen molar-refractivity contribution >= 4 is 5.91 Å². The largest absolute Gasteiger partial charge is 0.351 e. The molecule has 0 saturated carbocycles. The van der Waals surface area contributed by atoms with Gasteiger partial charge in [-0.25, -0.2) is 0 Å². The van der Waals surface area contributed by atoms with E-state index in [1.807, 2.05) is 20.8 Å². The molecule has 0 radical (unpaired) electrons. The van der Waals surface area contributed by atoms with Crippen molar-refractivity contribution in [3.63, 3.8) is 0 Å². The number of carbonyl (C=O) groups is 1. The summed E-state index contributed by atoms with van der Waals surface area (Å²) in [6.45, 7) is 7.94.